The number of hydrogen-bond donors (Lipinski definition) is 0. The molecule has 15 heavy (non-hydrogen) atoms. The van der Waals surface area contributed by atoms with Crippen LogP contribution in [0.15, 0.2) is 18.2 Å². The lowest BCUT2D eigenvalue weighted by molar-refractivity contribution is 0.0562. The Morgan fingerprint density at radius 2 is 1.93 bits per heavy atom. The van der Waals surface area contributed by atoms with Crippen LogP contribution < -0.4 is 0 Å². The van der Waals surface area contributed by atoms with Crippen molar-refractivity contribution in [2.24, 2.45) is 5.92 Å². The van der Waals surface area contributed by atoms with Gasteiger partial charge >= 0.3 is 0 Å². The van der Waals surface area contributed by atoms with E-state index in [0.717, 1.165) is 12.5 Å². The lowest BCUT2D eigenvalue weighted by Gasteiger charge is -2.21. The first kappa shape index (κ1) is 12.1. The Hall–Kier alpha value is -0.960. The molecule has 1 rings (SSSR count). The van der Waals surface area contributed by atoms with Gasteiger partial charge in [0.15, 0.2) is 11.6 Å². The topological polar surface area (TPSA) is 9.23 Å². The molecule has 0 N–H and O–H groups in total. The SMILES string of the molecule is CCC(C)[C@@H](OC)c1ccc(F)c(F)c1. The van der Waals surface area contributed by atoms with Gasteiger partial charge in [0, 0.05) is 7.11 Å². The number of hydrogen-bond acceptors (Lipinski definition) is 1. The molecule has 2 atom stereocenters. The lowest BCUT2D eigenvalue weighted by Crippen LogP contribution is -2.11. The molecular weight excluding hydrogens is 198 g/mol. The summed E-state index contributed by atoms with van der Waals surface area (Å²) in [5.74, 6) is -1.37. The summed E-state index contributed by atoms with van der Waals surface area (Å²) in [6.07, 6.45) is 0.752. The molecule has 0 aliphatic carbocycles. The first-order chi connectivity index (χ1) is 7.10. The minimum absolute atomic E-state index is 0.176. The highest BCUT2D eigenvalue weighted by molar-refractivity contribution is 5.20. The predicted molar refractivity (Wildman–Crippen MR) is 55.6 cm³/mol. The van der Waals surface area contributed by atoms with Crippen LogP contribution >= 0.6 is 0 Å². The fourth-order valence-electron chi connectivity index (χ4n) is 1.60. The van der Waals surface area contributed by atoms with Crippen LogP contribution in [-0.4, -0.2) is 7.11 Å². The molecule has 0 amide bonds. The molecule has 0 bridgehead atoms. The number of methoxy groups -OCH3 is 1. The van der Waals surface area contributed by atoms with E-state index in [-0.39, 0.29) is 12.0 Å². The standard InChI is InChI=1S/C12H16F2O/c1-4-8(2)12(15-3)9-5-6-10(13)11(14)7-9/h5-8,12H,4H2,1-3H3/t8?,12-/m1/s1. The highest BCUT2D eigenvalue weighted by Gasteiger charge is 2.18. The minimum atomic E-state index is -0.822. The van der Waals surface area contributed by atoms with Crippen molar-refractivity contribution in [3.63, 3.8) is 0 Å². The Bertz CT molecular complexity index is 325. The molecule has 0 fully saturated rings. The second kappa shape index (κ2) is 5.21. The monoisotopic (exact) mass is 214 g/mol. The number of benzene rings is 1. The van der Waals surface area contributed by atoms with Gasteiger partial charge in [0.05, 0.1) is 6.10 Å². The fourth-order valence-corrected chi connectivity index (χ4v) is 1.60. The molecule has 0 aromatic heterocycles. The maximum absolute atomic E-state index is 13.0. The van der Waals surface area contributed by atoms with Crippen LogP contribution in [0.2, 0.25) is 0 Å². The normalized spacial score (nSPS) is 15.0. The summed E-state index contributed by atoms with van der Waals surface area (Å²) < 4.78 is 31.0. The van der Waals surface area contributed by atoms with Gasteiger partial charge in [-0.1, -0.05) is 26.3 Å². The van der Waals surface area contributed by atoms with E-state index in [1.54, 1.807) is 13.2 Å². The molecule has 0 saturated carbocycles. The van der Waals surface area contributed by atoms with Crippen molar-refractivity contribution in [3.8, 4) is 0 Å². The van der Waals surface area contributed by atoms with E-state index in [1.807, 2.05) is 13.8 Å². The zero-order chi connectivity index (χ0) is 11.4. The largest absolute Gasteiger partial charge is 0.376 e. The van der Waals surface area contributed by atoms with Gasteiger partial charge in [0.25, 0.3) is 0 Å². The van der Waals surface area contributed by atoms with Crippen molar-refractivity contribution >= 4 is 0 Å². The van der Waals surface area contributed by atoms with Crippen molar-refractivity contribution in [2.75, 3.05) is 7.11 Å². The summed E-state index contributed by atoms with van der Waals surface area (Å²) in [5.41, 5.74) is 0.686. The van der Waals surface area contributed by atoms with E-state index < -0.39 is 11.6 Å². The highest BCUT2D eigenvalue weighted by atomic mass is 19.2. The van der Waals surface area contributed by atoms with E-state index in [2.05, 4.69) is 0 Å². The average Bonchev–Trinajstić information content (AvgIpc) is 2.24. The fraction of sp³-hybridized carbons (Fsp3) is 0.500. The summed E-state index contributed by atoms with van der Waals surface area (Å²) in [7, 11) is 1.58. The van der Waals surface area contributed by atoms with Crippen molar-refractivity contribution < 1.29 is 13.5 Å². The average molecular weight is 214 g/mol. The zero-order valence-electron chi connectivity index (χ0n) is 9.26. The zero-order valence-corrected chi connectivity index (χ0v) is 9.26. The van der Waals surface area contributed by atoms with Crippen molar-refractivity contribution in [2.45, 2.75) is 26.4 Å². The summed E-state index contributed by atoms with van der Waals surface area (Å²) >= 11 is 0. The third kappa shape index (κ3) is 2.75. The van der Waals surface area contributed by atoms with Gasteiger partial charge in [0.2, 0.25) is 0 Å². The summed E-state index contributed by atoms with van der Waals surface area (Å²) in [6.45, 7) is 4.06. The Kier molecular flexibility index (Phi) is 4.21. The Morgan fingerprint density at radius 1 is 1.27 bits per heavy atom. The third-order valence-corrected chi connectivity index (χ3v) is 2.69. The maximum Gasteiger partial charge on any atom is 0.159 e. The molecule has 1 nitrogen and oxygen atoms in total. The Labute approximate surface area is 89.1 Å². The first-order valence-electron chi connectivity index (χ1n) is 5.07. The molecule has 1 aromatic rings. The number of rotatable bonds is 4. The highest BCUT2D eigenvalue weighted by Crippen LogP contribution is 2.28. The lowest BCUT2D eigenvalue weighted by atomic mass is 9.95. The van der Waals surface area contributed by atoms with Crippen LogP contribution in [0.1, 0.15) is 31.9 Å². The van der Waals surface area contributed by atoms with Crippen LogP contribution in [0, 0.1) is 17.6 Å². The molecule has 0 saturated heterocycles. The first-order valence-corrected chi connectivity index (χ1v) is 5.07. The van der Waals surface area contributed by atoms with Crippen molar-refractivity contribution in [3.05, 3.63) is 35.4 Å². The van der Waals surface area contributed by atoms with Gasteiger partial charge in [-0.15, -0.1) is 0 Å². The van der Waals surface area contributed by atoms with Gasteiger partial charge in [-0.3, -0.25) is 0 Å². The van der Waals surface area contributed by atoms with E-state index in [0.29, 0.717) is 5.56 Å². The molecule has 0 spiro atoms. The van der Waals surface area contributed by atoms with Gasteiger partial charge < -0.3 is 4.74 Å². The maximum atomic E-state index is 13.0. The minimum Gasteiger partial charge on any atom is -0.376 e. The van der Waals surface area contributed by atoms with E-state index in [9.17, 15) is 8.78 Å². The van der Waals surface area contributed by atoms with E-state index in [4.69, 9.17) is 4.74 Å². The molecule has 84 valence electrons. The van der Waals surface area contributed by atoms with Gasteiger partial charge in [-0.25, -0.2) is 8.78 Å². The van der Waals surface area contributed by atoms with Crippen molar-refractivity contribution in [1.29, 1.82) is 0 Å². The van der Waals surface area contributed by atoms with E-state index in [1.165, 1.54) is 6.07 Å². The van der Waals surface area contributed by atoms with Crippen LogP contribution in [0.5, 0.6) is 0 Å². The van der Waals surface area contributed by atoms with E-state index >= 15 is 0 Å². The molecule has 0 heterocycles. The number of ether oxygens (including phenoxy) is 1. The Balaban J connectivity index is 2.97. The van der Waals surface area contributed by atoms with Crippen LogP contribution in [0.25, 0.3) is 0 Å². The predicted octanol–water partition coefficient (Wildman–Crippen LogP) is 3.70. The molecule has 0 aliphatic rings. The third-order valence-electron chi connectivity index (χ3n) is 2.69. The quantitative estimate of drug-likeness (QED) is 0.742. The van der Waals surface area contributed by atoms with Crippen molar-refractivity contribution in [1.82, 2.24) is 0 Å². The molecule has 3 heteroatoms. The summed E-state index contributed by atoms with van der Waals surface area (Å²) in [6, 6.07) is 3.91. The molecule has 0 radical (unpaired) electrons. The molecule has 1 unspecified atom stereocenters. The smallest absolute Gasteiger partial charge is 0.159 e. The second-order valence-corrected chi connectivity index (χ2v) is 3.72. The summed E-state index contributed by atoms with van der Waals surface area (Å²) in [5, 5.41) is 0. The van der Waals surface area contributed by atoms with Crippen LogP contribution in [-0.2, 0) is 4.74 Å². The second-order valence-electron chi connectivity index (χ2n) is 3.72. The number of halogens is 2. The molecular formula is C12H16F2O. The Morgan fingerprint density at radius 3 is 2.40 bits per heavy atom. The van der Waals surface area contributed by atoms with Gasteiger partial charge in [-0.05, 0) is 23.6 Å². The van der Waals surface area contributed by atoms with Crippen LogP contribution in [0.4, 0.5) is 8.78 Å². The van der Waals surface area contributed by atoms with Crippen LogP contribution in [0.3, 0.4) is 0 Å². The molecule has 1 aromatic carbocycles. The van der Waals surface area contributed by atoms with Gasteiger partial charge in [0.1, 0.15) is 0 Å². The summed E-state index contributed by atoms with van der Waals surface area (Å²) in [4.78, 5) is 0. The van der Waals surface area contributed by atoms with Gasteiger partial charge in [-0.2, -0.15) is 0 Å². The molecule has 0 aliphatic heterocycles.